The van der Waals surface area contributed by atoms with E-state index in [1.807, 2.05) is 0 Å². The number of carbonyl (C=O) groups excluding carboxylic acids is 2. The summed E-state index contributed by atoms with van der Waals surface area (Å²) in [6.45, 7) is 0.685. The number of nitrogens with zero attached hydrogens (tertiary/aromatic N) is 1. The summed E-state index contributed by atoms with van der Waals surface area (Å²) in [6.07, 6.45) is -0.0889. The first-order valence-corrected chi connectivity index (χ1v) is 3.76. The Hall–Kier alpha value is -1.10. The Morgan fingerprint density at radius 3 is 2.92 bits per heavy atom. The summed E-state index contributed by atoms with van der Waals surface area (Å²) < 4.78 is 4.49. The van der Waals surface area contributed by atoms with Crippen molar-refractivity contribution in [3.05, 3.63) is 0 Å². The molecule has 0 saturated carbocycles. The van der Waals surface area contributed by atoms with Gasteiger partial charge in [0.15, 0.2) is 5.78 Å². The molecule has 1 fully saturated rings. The molecule has 0 spiro atoms. The average molecular weight is 172 g/mol. The van der Waals surface area contributed by atoms with Crippen LogP contribution in [0.4, 0.5) is 4.79 Å². The maximum Gasteiger partial charge on any atom is 0.409 e. The third-order valence-corrected chi connectivity index (χ3v) is 1.89. The molecule has 12 heavy (non-hydrogen) atoms. The summed E-state index contributed by atoms with van der Waals surface area (Å²) in [6, 6.07) is -0.544. The van der Waals surface area contributed by atoms with E-state index in [0.717, 1.165) is 0 Å². The van der Waals surface area contributed by atoms with Gasteiger partial charge in [-0.1, -0.05) is 0 Å². The fourth-order valence-electron chi connectivity index (χ4n) is 1.16. The number of ether oxygens (including phenoxy) is 1. The zero-order chi connectivity index (χ0) is 9.14. The molecule has 1 rings (SSSR count). The van der Waals surface area contributed by atoms with Crippen molar-refractivity contribution < 1.29 is 14.3 Å². The van der Waals surface area contributed by atoms with Crippen LogP contribution in [0.15, 0.2) is 0 Å². The number of piperidine rings is 1. The van der Waals surface area contributed by atoms with Crippen LogP contribution in [0.5, 0.6) is 0 Å². The van der Waals surface area contributed by atoms with Gasteiger partial charge in [0.05, 0.1) is 13.2 Å². The number of amides is 1. The molecule has 2 N–H and O–H groups in total. The van der Waals surface area contributed by atoms with Crippen molar-refractivity contribution in [2.75, 3.05) is 20.2 Å². The topological polar surface area (TPSA) is 72.6 Å². The predicted molar refractivity (Wildman–Crippen MR) is 41.6 cm³/mol. The quantitative estimate of drug-likeness (QED) is 0.527. The molecule has 0 aromatic heterocycles. The minimum absolute atomic E-state index is 0.00940. The fraction of sp³-hybridized carbons (Fsp3) is 0.714. The van der Waals surface area contributed by atoms with Gasteiger partial charge in [0.2, 0.25) is 0 Å². The molecule has 0 bridgehead atoms. The van der Waals surface area contributed by atoms with E-state index in [1.54, 1.807) is 0 Å². The summed E-state index contributed by atoms with van der Waals surface area (Å²) in [7, 11) is 1.31. The number of methoxy groups -OCH3 is 1. The maximum absolute atomic E-state index is 11.0. The van der Waals surface area contributed by atoms with Gasteiger partial charge in [0, 0.05) is 19.5 Å². The Bertz CT molecular complexity index is 205. The zero-order valence-corrected chi connectivity index (χ0v) is 6.95. The summed E-state index contributed by atoms with van der Waals surface area (Å²) in [5, 5.41) is 0. The number of rotatable bonds is 0. The van der Waals surface area contributed by atoms with Gasteiger partial charge in [0.25, 0.3) is 0 Å². The lowest BCUT2D eigenvalue weighted by Crippen LogP contribution is -2.50. The summed E-state index contributed by atoms with van der Waals surface area (Å²) >= 11 is 0. The van der Waals surface area contributed by atoms with Gasteiger partial charge >= 0.3 is 6.09 Å². The van der Waals surface area contributed by atoms with Crippen LogP contribution in [-0.2, 0) is 9.53 Å². The normalized spacial score (nSPS) is 24.0. The van der Waals surface area contributed by atoms with Crippen molar-refractivity contribution in [1.29, 1.82) is 0 Å². The van der Waals surface area contributed by atoms with Gasteiger partial charge < -0.3 is 15.4 Å². The van der Waals surface area contributed by atoms with Gasteiger partial charge in [0.1, 0.15) is 0 Å². The first kappa shape index (κ1) is 8.99. The molecule has 0 aromatic carbocycles. The van der Waals surface area contributed by atoms with Crippen LogP contribution in [0.25, 0.3) is 0 Å². The number of likely N-dealkylation sites (tertiary alicyclic amines) is 1. The minimum atomic E-state index is -0.544. The van der Waals surface area contributed by atoms with Crippen LogP contribution in [0.1, 0.15) is 6.42 Å². The number of ketones is 1. The average Bonchev–Trinajstić information content (AvgIpc) is 2.08. The third-order valence-electron chi connectivity index (χ3n) is 1.89. The predicted octanol–water partition coefficient (Wildman–Crippen LogP) is -0.645. The highest BCUT2D eigenvalue weighted by Gasteiger charge is 2.27. The smallest absolute Gasteiger partial charge is 0.409 e. The van der Waals surface area contributed by atoms with Crippen molar-refractivity contribution >= 4 is 11.9 Å². The highest BCUT2D eigenvalue weighted by molar-refractivity contribution is 5.86. The standard InChI is InChI=1S/C7H12N2O3/c1-12-7(11)9-3-2-6(10)5(8)4-9/h5H,2-4,8H2,1H3/t5-/m0/s1. The molecular weight excluding hydrogens is 160 g/mol. The largest absolute Gasteiger partial charge is 0.453 e. The van der Waals surface area contributed by atoms with E-state index in [4.69, 9.17) is 5.73 Å². The number of hydrogen-bond donors (Lipinski definition) is 1. The lowest BCUT2D eigenvalue weighted by atomic mass is 10.1. The van der Waals surface area contributed by atoms with Crippen LogP contribution >= 0.6 is 0 Å². The molecule has 5 heteroatoms. The zero-order valence-electron chi connectivity index (χ0n) is 6.95. The second-order valence-corrected chi connectivity index (χ2v) is 2.74. The van der Waals surface area contributed by atoms with Crippen molar-refractivity contribution in [2.24, 2.45) is 5.73 Å². The number of hydrogen-bond acceptors (Lipinski definition) is 4. The van der Waals surface area contributed by atoms with E-state index >= 15 is 0 Å². The van der Waals surface area contributed by atoms with E-state index < -0.39 is 12.1 Å². The molecule has 1 saturated heterocycles. The van der Waals surface area contributed by atoms with E-state index in [-0.39, 0.29) is 12.3 Å². The van der Waals surface area contributed by atoms with Gasteiger partial charge in [-0.25, -0.2) is 4.79 Å². The van der Waals surface area contributed by atoms with Crippen molar-refractivity contribution in [2.45, 2.75) is 12.5 Å². The van der Waals surface area contributed by atoms with Crippen LogP contribution in [0, 0.1) is 0 Å². The fourth-order valence-corrected chi connectivity index (χ4v) is 1.16. The third kappa shape index (κ3) is 1.73. The highest BCUT2D eigenvalue weighted by atomic mass is 16.5. The summed E-state index contributed by atoms with van der Waals surface area (Å²) in [5.74, 6) is 0.00940. The van der Waals surface area contributed by atoms with E-state index in [0.29, 0.717) is 13.0 Å². The Labute approximate surface area is 70.5 Å². The van der Waals surface area contributed by atoms with E-state index in [2.05, 4.69) is 4.74 Å². The van der Waals surface area contributed by atoms with Crippen molar-refractivity contribution in [3.63, 3.8) is 0 Å². The van der Waals surface area contributed by atoms with E-state index in [1.165, 1.54) is 12.0 Å². The molecule has 1 heterocycles. The monoisotopic (exact) mass is 172 g/mol. The molecule has 0 aromatic rings. The molecule has 5 nitrogen and oxygen atoms in total. The molecule has 0 aliphatic carbocycles. The Morgan fingerprint density at radius 1 is 1.75 bits per heavy atom. The molecule has 1 atom stereocenters. The van der Waals surface area contributed by atoms with Crippen LogP contribution in [-0.4, -0.2) is 43.0 Å². The summed E-state index contributed by atoms with van der Waals surface area (Å²) in [5.41, 5.74) is 5.46. The van der Waals surface area contributed by atoms with E-state index in [9.17, 15) is 9.59 Å². The SMILES string of the molecule is COC(=O)N1CCC(=O)[C@@H](N)C1. The van der Waals surface area contributed by atoms with Gasteiger partial charge in [-0.05, 0) is 0 Å². The first-order valence-electron chi connectivity index (χ1n) is 3.76. The second-order valence-electron chi connectivity index (χ2n) is 2.74. The van der Waals surface area contributed by atoms with Crippen LogP contribution in [0.2, 0.25) is 0 Å². The number of carbonyl (C=O) groups is 2. The van der Waals surface area contributed by atoms with Crippen molar-refractivity contribution in [1.82, 2.24) is 4.90 Å². The second kappa shape index (κ2) is 3.53. The molecule has 1 aliphatic rings. The Kier molecular flexibility index (Phi) is 2.65. The van der Waals surface area contributed by atoms with Gasteiger partial charge in [-0.15, -0.1) is 0 Å². The number of Topliss-reactive ketones (excluding diaryl/α,β-unsaturated/α-hetero) is 1. The molecular formula is C7H12N2O3. The molecule has 0 unspecified atom stereocenters. The lowest BCUT2D eigenvalue weighted by molar-refractivity contribution is -0.122. The first-order chi connectivity index (χ1) is 5.65. The minimum Gasteiger partial charge on any atom is -0.453 e. The Morgan fingerprint density at radius 2 is 2.42 bits per heavy atom. The molecule has 1 aliphatic heterocycles. The lowest BCUT2D eigenvalue weighted by Gasteiger charge is -2.28. The van der Waals surface area contributed by atoms with Crippen LogP contribution < -0.4 is 5.73 Å². The van der Waals surface area contributed by atoms with Gasteiger partial charge in [-0.2, -0.15) is 0 Å². The molecule has 68 valence electrons. The summed E-state index contributed by atoms with van der Waals surface area (Å²) in [4.78, 5) is 23.3. The van der Waals surface area contributed by atoms with Crippen LogP contribution in [0.3, 0.4) is 0 Å². The molecule has 0 radical (unpaired) electrons. The molecule has 1 amide bonds. The van der Waals surface area contributed by atoms with Crippen molar-refractivity contribution in [3.8, 4) is 0 Å². The maximum atomic E-state index is 11.0. The Balaban J connectivity index is 2.50. The number of nitrogens with two attached hydrogens (primary N) is 1. The highest BCUT2D eigenvalue weighted by Crippen LogP contribution is 2.05. The van der Waals surface area contributed by atoms with Gasteiger partial charge in [-0.3, -0.25) is 4.79 Å².